The zero-order valence-corrected chi connectivity index (χ0v) is 11.1. The first-order valence-corrected chi connectivity index (χ1v) is 7.02. The Morgan fingerprint density at radius 3 is 2.78 bits per heavy atom. The molecule has 1 heterocycles. The Labute approximate surface area is 110 Å². The van der Waals surface area contributed by atoms with Crippen LogP contribution in [0.25, 0.3) is 0 Å². The van der Waals surface area contributed by atoms with Crippen molar-refractivity contribution in [1.82, 2.24) is 0 Å². The molecule has 3 nitrogen and oxygen atoms in total. The van der Waals surface area contributed by atoms with Gasteiger partial charge >= 0.3 is 5.97 Å². The highest BCUT2D eigenvalue weighted by Gasteiger charge is 2.40. The van der Waals surface area contributed by atoms with Crippen molar-refractivity contribution in [2.75, 3.05) is 23.9 Å². The normalized spacial score (nSPS) is 18.1. The third-order valence-electron chi connectivity index (χ3n) is 3.13. The molecule has 98 valence electrons. The number of hydrogen-bond donors (Lipinski definition) is 1. The Balaban J connectivity index is 2.22. The first-order valence-electron chi connectivity index (χ1n) is 5.86. The summed E-state index contributed by atoms with van der Waals surface area (Å²) in [7, 11) is 1.39. The number of anilines is 1. The number of esters is 1. The molecule has 1 aromatic carbocycles. The Morgan fingerprint density at radius 2 is 2.17 bits per heavy atom. The van der Waals surface area contributed by atoms with Crippen LogP contribution in [0.1, 0.15) is 12.8 Å². The van der Waals surface area contributed by atoms with Crippen molar-refractivity contribution >= 4 is 23.4 Å². The average molecular weight is 269 g/mol. The van der Waals surface area contributed by atoms with E-state index in [1.54, 1.807) is 12.1 Å². The van der Waals surface area contributed by atoms with Crippen LogP contribution < -0.4 is 5.32 Å². The van der Waals surface area contributed by atoms with Gasteiger partial charge in [0.25, 0.3) is 0 Å². The van der Waals surface area contributed by atoms with Crippen LogP contribution in [0.4, 0.5) is 10.1 Å². The van der Waals surface area contributed by atoms with Gasteiger partial charge in [0.05, 0.1) is 7.11 Å². The van der Waals surface area contributed by atoms with E-state index in [0.717, 1.165) is 11.5 Å². The molecule has 1 aliphatic rings. The van der Waals surface area contributed by atoms with Crippen molar-refractivity contribution < 1.29 is 13.9 Å². The van der Waals surface area contributed by atoms with Crippen molar-refractivity contribution in [2.45, 2.75) is 18.4 Å². The Kier molecular flexibility index (Phi) is 4.11. The van der Waals surface area contributed by atoms with Gasteiger partial charge in [-0.3, -0.25) is 0 Å². The first-order chi connectivity index (χ1) is 8.66. The minimum Gasteiger partial charge on any atom is -0.467 e. The van der Waals surface area contributed by atoms with Crippen molar-refractivity contribution in [1.29, 1.82) is 0 Å². The van der Waals surface area contributed by atoms with Crippen molar-refractivity contribution in [3.8, 4) is 0 Å². The lowest BCUT2D eigenvalue weighted by molar-refractivity contribution is -0.146. The number of benzene rings is 1. The molecule has 0 bridgehead atoms. The number of carbonyl (C=O) groups is 1. The van der Waals surface area contributed by atoms with Gasteiger partial charge in [0.15, 0.2) is 0 Å². The molecule has 1 aliphatic heterocycles. The molecule has 0 unspecified atom stereocenters. The molecule has 0 radical (unpaired) electrons. The minimum atomic E-state index is -0.714. The van der Waals surface area contributed by atoms with Crippen LogP contribution in [0.2, 0.25) is 0 Å². The number of carbonyl (C=O) groups excluding carboxylic acids is 1. The molecular formula is C13H16FNO2S. The molecule has 0 saturated carbocycles. The summed E-state index contributed by atoms with van der Waals surface area (Å²) in [6.07, 6.45) is 1.39. The second-order valence-electron chi connectivity index (χ2n) is 4.32. The van der Waals surface area contributed by atoms with Crippen LogP contribution in [-0.4, -0.2) is 30.1 Å². The fraction of sp³-hybridized carbons (Fsp3) is 0.462. The summed E-state index contributed by atoms with van der Waals surface area (Å²) in [6.45, 7) is 0. The van der Waals surface area contributed by atoms with E-state index in [9.17, 15) is 9.18 Å². The third-order valence-corrected chi connectivity index (χ3v) is 4.12. The van der Waals surface area contributed by atoms with E-state index in [1.807, 2.05) is 11.8 Å². The highest BCUT2D eigenvalue weighted by molar-refractivity contribution is 7.99. The fourth-order valence-electron chi connectivity index (χ4n) is 2.14. The molecule has 0 atom stereocenters. The number of methoxy groups -OCH3 is 1. The second kappa shape index (κ2) is 5.61. The maximum atomic E-state index is 13.2. The number of rotatable bonds is 3. The van der Waals surface area contributed by atoms with E-state index < -0.39 is 5.54 Å². The van der Waals surface area contributed by atoms with Gasteiger partial charge in [-0.15, -0.1) is 0 Å². The predicted molar refractivity (Wildman–Crippen MR) is 71.3 cm³/mol. The van der Waals surface area contributed by atoms with Gasteiger partial charge in [0, 0.05) is 5.69 Å². The van der Waals surface area contributed by atoms with Crippen LogP contribution in [0.15, 0.2) is 24.3 Å². The lowest BCUT2D eigenvalue weighted by atomic mass is 9.91. The molecule has 18 heavy (non-hydrogen) atoms. The van der Waals surface area contributed by atoms with Crippen LogP contribution >= 0.6 is 11.8 Å². The van der Waals surface area contributed by atoms with E-state index in [-0.39, 0.29) is 11.8 Å². The van der Waals surface area contributed by atoms with Crippen LogP contribution in [0.5, 0.6) is 0 Å². The number of nitrogens with one attached hydrogen (secondary N) is 1. The summed E-state index contributed by atoms with van der Waals surface area (Å²) < 4.78 is 18.1. The molecular weight excluding hydrogens is 253 g/mol. The average Bonchev–Trinajstić information content (AvgIpc) is 2.39. The highest BCUT2D eigenvalue weighted by atomic mass is 32.2. The zero-order chi connectivity index (χ0) is 13.0. The van der Waals surface area contributed by atoms with Gasteiger partial charge in [0.2, 0.25) is 0 Å². The van der Waals surface area contributed by atoms with Crippen LogP contribution in [0, 0.1) is 5.82 Å². The number of thioether (sulfide) groups is 1. The van der Waals surface area contributed by atoms with E-state index in [1.165, 1.54) is 19.2 Å². The highest BCUT2D eigenvalue weighted by Crippen LogP contribution is 2.31. The zero-order valence-electron chi connectivity index (χ0n) is 10.2. The summed E-state index contributed by atoms with van der Waals surface area (Å²) in [5, 5.41) is 3.16. The first kappa shape index (κ1) is 13.2. The van der Waals surface area contributed by atoms with E-state index in [2.05, 4.69) is 5.32 Å². The summed E-state index contributed by atoms with van der Waals surface area (Å²) in [6, 6.07) is 6.16. The summed E-state index contributed by atoms with van der Waals surface area (Å²) in [5.41, 5.74) is -0.0966. The molecule has 0 spiro atoms. The molecule has 1 N–H and O–H groups in total. The SMILES string of the molecule is COC(=O)C1(Nc2cccc(F)c2)CCSCC1. The summed E-state index contributed by atoms with van der Waals surface area (Å²) in [4.78, 5) is 12.0. The Hall–Kier alpha value is -1.23. The Bertz CT molecular complexity index is 433. The van der Waals surface area contributed by atoms with Gasteiger partial charge in [-0.25, -0.2) is 9.18 Å². The largest absolute Gasteiger partial charge is 0.467 e. The number of halogens is 1. The molecule has 1 saturated heterocycles. The molecule has 1 fully saturated rings. The van der Waals surface area contributed by atoms with Crippen molar-refractivity contribution in [2.24, 2.45) is 0 Å². The maximum absolute atomic E-state index is 13.2. The lowest BCUT2D eigenvalue weighted by Crippen LogP contribution is -2.49. The van der Waals surface area contributed by atoms with Crippen molar-refractivity contribution in [3.05, 3.63) is 30.1 Å². The van der Waals surface area contributed by atoms with Gasteiger partial charge < -0.3 is 10.1 Å². The van der Waals surface area contributed by atoms with E-state index >= 15 is 0 Å². The van der Waals surface area contributed by atoms with Gasteiger partial charge in [-0.05, 0) is 42.5 Å². The topological polar surface area (TPSA) is 38.3 Å². The molecule has 1 aromatic rings. The van der Waals surface area contributed by atoms with Crippen LogP contribution in [-0.2, 0) is 9.53 Å². The molecule has 0 amide bonds. The molecule has 5 heteroatoms. The monoisotopic (exact) mass is 269 g/mol. The molecule has 0 aromatic heterocycles. The summed E-state index contributed by atoms with van der Waals surface area (Å²) in [5.74, 6) is 1.21. The lowest BCUT2D eigenvalue weighted by Gasteiger charge is -2.35. The van der Waals surface area contributed by atoms with E-state index in [4.69, 9.17) is 4.74 Å². The standard InChI is InChI=1S/C13H16FNO2S/c1-17-12(16)13(5-7-18-8-6-13)15-11-4-2-3-10(14)9-11/h2-4,9,15H,5-8H2,1H3. The second-order valence-corrected chi connectivity index (χ2v) is 5.55. The van der Waals surface area contributed by atoms with Crippen LogP contribution in [0.3, 0.4) is 0 Å². The fourth-order valence-corrected chi connectivity index (χ4v) is 3.33. The van der Waals surface area contributed by atoms with Gasteiger partial charge in [0.1, 0.15) is 11.4 Å². The number of hydrogen-bond acceptors (Lipinski definition) is 4. The maximum Gasteiger partial charge on any atom is 0.331 e. The minimum absolute atomic E-state index is 0.271. The predicted octanol–water partition coefficient (Wildman–Crippen LogP) is 2.68. The third kappa shape index (κ3) is 2.77. The van der Waals surface area contributed by atoms with Gasteiger partial charge in [-0.2, -0.15) is 11.8 Å². The summed E-state index contributed by atoms with van der Waals surface area (Å²) >= 11 is 1.82. The molecule has 0 aliphatic carbocycles. The van der Waals surface area contributed by atoms with E-state index in [0.29, 0.717) is 18.5 Å². The molecule has 2 rings (SSSR count). The quantitative estimate of drug-likeness (QED) is 0.856. The van der Waals surface area contributed by atoms with Gasteiger partial charge in [-0.1, -0.05) is 6.07 Å². The Morgan fingerprint density at radius 1 is 1.44 bits per heavy atom. The smallest absolute Gasteiger partial charge is 0.331 e. The van der Waals surface area contributed by atoms with Crippen molar-refractivity contribution in [3.63, 3.8) is 0 Å². The number of ether oxygens (including phenoxy) is 1.